The summed E-state index contributed by atoms with van der Waals surface area (Å²) in [7, 11) is 0. The Kier molecular flexibility index (Phi) is 4.78. The average molecular weight is 226 g/mol. The van der Waals surface area contributed by atoms with E-state index in [-0.39, 0.29) is 5.91 Å². The highest BCUT2D eigenvalue weighted by molar-refractivity contribution is 7.10. The first-order chi connectivity index (χ1) is 7.17. The lowest BCUT2D eigenvalue weighted by molar-refractivity contribution is 0.100. The molecule has 0 fully saturated rings. The van der Waals surface area contributed by atoms with Crippen molar-refractivity contribution in [1.82, 2.24) is 5.32 Å². The molecule has 0 atom stereocenters. The Hall–Kier alpha value is -0.870. The Bertz CT molecular complexity index is 318. The van der Waals surface area contributed by atoms with Gasteiger partial charge in [-0.2, -0.15) is 0 Å². The van der Waals surface area contributed by atoms with Gasteiger partial charge in [0.05, 0.1) is 5.56 Å². The van der Waals surface area contributed by atoms with E-state index in [9.17, 15) is 4.79 Å². The number of thiophene rings is 1. The number of primary amides is 1. The zero-order valence-electron chi connectivity index (χ0n) is 9.25. The Labute approximate surface area is 94.7 Å². The van der Waals surface area contributed by atoms with E-state index in [2.05, 4.69) is 19.2 Å². The van der Waals surface area contributed by atoms with Gasteiger partial charge in [0, 0.05) is 22.8 Å². The van der Waals surface area contributed by atoms with Crippen LogP contribution in [0.5, 0.6) is 0 Å². The van der Waals surface area contributed by atoms with Crippen LogP contribution in [0.25, 0.3) is 0 Å². The summed E-state index contributed by atoms with van der Waals surface area (Å²) in [6.07, 6.45) is 2.26. The smallest absolute Gasteiger partial charge is 0.249 e. The van der Waals surface area contributed by atoms with Crippen molar-refractivity contribution in [3.05, 3.63) is 21.9 Å². The van der Waals surface area contributed by atoms with Crippen LogP contribution in [0, 0.1) is 0 Å². The number of carbonyl (C=O) groups is 1. The third kappa shape index (κ3) is 3.64. The normalized spacial score (nSPS) is 10.9. The Morgan fingerprint density at radius 3 is 2.67 bits per heavy atom. The van der Waals surface area contributed by atoms with Crippen molar-refractivity contribution in [1.29, 1.82) is 0 Å². The van der Waals surface area contributed by atoms with E-state index in [0.717, 1.165) is 24.3 Å². The number of carbonyl (C=O) groups excluding carboxylic acids is 1. The lowest BCUT2D eigenvalue weighted by Gasteiger charge is -2.13. The van der Waals surface area contributed by atoms with Crippen LogP contribution in [0.4, 0.5) is 0 Å². The van der Waals surface area contributed by atoms with Crippen molar-refractivity contribution in [3.63, 3.8) is 0 Å². The van der Waals surface area contributed by atoms with E-state index in [0.29, 0.717) is 11.6 Å². The molecule has 3 nitrogen and oxygen atoms in total. The van der Waals surface area contributed by atoms with Gasteiger partial charge in [0.2, 0.25) is 5.91 Å². The summed E-state index contributed by atoms with van der Waals surface area (Å²) in [5.41, 5.74) is 5.80. The molecule has 84 valence electrons. The minimum Gasteiger partial charge on any atom is -0.366 e. The number of nitrogens with two attached hydrogens (primary N) is 1. The first kappa shape index (κ1) is 12.2. The van der Waals surface area contributed by atoms with Crippen LogP contribution in [-0.2, 0) is 6.54 Å². The van der Waals surface area contributed by atoms with Gasteiger partial charge in [0.1, 0.15) is 0 Å². The highest BCUT2D eigenvalue weighted by atomic mass is 32.1. The molecule has 4 heteroatoms. The number of hydrogen-bond acceptors (Lipinski definition) is 3. The first-order valence-electron chi connectivity index (χ1n) is 5.28. The average Bonchev–Trinajstić information content (AvgIpc) is 2.68. The quantitative estimate of drug-likeness (QED) is 0.780. The van der Waals surface area contributed by atoms with Crippen molar-refractivity contribution in [2.75, 3.05) is 0 Å². The van der Waals surface area contributed by atoms with Gasteiger partial charge >= 0.3 is 0 Å². The lowest BCUT2D eigenvalue weighted by atomic mass is 10.2. The van der Waals surface area contributed by atoms with Gasteiger partial charge in [-0.25, -0.2) is 0 Å². The second kappa shape index (κ2) is 5.88. The number of amides is 1. The molecule has 15 heavy (non-hydrogen) atoms. The Morgan fingerprint density at radius 2 is 2.20 bits per heavy atom. The third-order valence-electron chi connectivity index (χ3n) is 2.49. The zero-order valence-corrected chi connectivity index (χ0v) is 10.1. The maximum absolute atomic E-state index is 10.9. The lowest BCUT2D eigenvalue weighted by Crippen LogP contribution is -2.26. The summed E-state index contributed by atoms with van der Waals surface area (Å²) in [6.45, 7) is 5.17. The monoisotopic (exact) mass is 226 g/mol. The van der Waals surface area contributed by atoms with Crippen LogP contribution in [-0.4, -0.2) is 11.9 Å². The van der Waals surface area contributed by atoms with E-state index < -0.39 is 0 Å². The van der Waals surface area contributed by atoms with Gasteiger partial charge in [-0.1, -0.05) is 13.8 Å². The second-order valence-corrected chi connectivity index (χ2v) is 4.56. The molecule has 0 saturated carbocycles. The Balaban J connectivity index is 2.47. The summed E-state index contributed by atoms with van der Waals surface area (Å²) < 4.78 is 0. The van der Waals surface area contributed by atoms with E-state index in [1.54, 1.807) is 11.3 Å². The molecule has 0 aliphatic heterocycles. The fourth-order valence-corrected chi connectivity index (χ4v) is 2.25. The number of hydrogen-bond donors (Lipinski definition) is 2. The topological polar surface area (TPSA) is 55.1 Å². The maximum Gasteiger partial charge on any atom is 0.249 e. The van der Waals surface area contributed by atoms with E-state index >= 15 is 0 Å². The van der Waals surface area contributed by atoms with Gasteiger partial charge in [0.15, 0.2) is 0 Å². The van der Waals surface area contributed by atoms with Crippen molar-refractivity contribution in [3.8, 4) is 0 Å². The fourth-order valence-electron chi connectivity index (χ4n) is 1.42. The number of nitrogens with one attached hydrogen (secondary N) is 1. The minimum atomic E-state index is -0.347. The molecular weight excluding hydrogens is 208 g/mol. The van der Waals surface area contributed by atoms with Crippen molar-refractivity contribution in [2.45, 2.75) is 39.3 Å². The standard InChI is InChI=1S/C11H18N2OS/c1-3-9(4-2)13-6-10-5-8(7-15-10)11(12)14/h5,7,9,13H,3-4,6H2,1-2H3,(H2,12,14). The van der Waals surface area contributed by atoms with Crippen molar-refractivity contribution < 1.29 is 4.79 Å². The molecule has 0 aliphatic carbocycles. The van der Waals surface area contributed by atoms with E-state index in [1.807, 2.05) is 11.4 Å². The molecule has 1 heterocycles. The van der Waals surface area contributed by atoms with Gasteiger partial charge in [0.25, 0.3) is 0 Å². The molecule has 1 rings (SSSR count). The molecule has 0 radical (unpaired) electrons. The largest absolute Gasteiger partial charge is 0.366 e. The Morgan fingerprint density at radius 1 is 1.53 bits per heavy atom. The molecule has 3 N–H and O–H groups in total. The van der Waals surface area contributed by atoms with Crippen LogP contribution >= 0.6 is 11.3 Å². The van der Waals surface area contributed by atoms with Crippen LogP contribution < -0.4 is 11.1 Å². The molecule has 0 bridgehead atoms. The van der Waals surface area contributed by atoms with Crippen LogP contribution in [0.2, 0.25) is 0 Å². The van der Waals surface area contributed by atoms with Crippen LogP contribution in [0.3, 0.4) is 0 Å². The van der Waals surface area contributed by atoms with Crippen LogP contribution in [0.15, 0.2) is 11.4 Å². The van der Waals surface area contributed by atoms with Gasteiger partial charge in [-0.05, 0) is 18.9 Å². The molecule has 0 spiro atoms. The van der Waals surface area contributed by atoms with Gasteiger partial charge < -0.3 is 11.1 Å². The summed E-state index contributed by atoms with van der Waals surface area (Å²) in [4.78, 5) is 12.0. The maximum atomic E-state index is 10.9. The van der Waals surface area contributed by atoms with Gasteiger partial charge in [-0.3, -0.25) is 4.79 Å². The molecule has 1 aromatic rings. The minimum absolute atomic E-state index is 0.347. The predicted molar refractivity (Wildman–Crippen MR) is 64.0 cm³/mol. The SMILES string of the molecule is CCC(CC)NCc1cc(C(N)=O)cs1. The first-order valence-corrected chi connectivity index (χ1v) is 6.15. The number of rotatable bonds is 6. The summed E-state index contributed by atoms with van der Waals surface area (Å²) in [5.74, 6) is -0.347. The summed E-state index contributed by atoms with van der Waals surface area (Å²) >= 11 is 1.58. The van der Waals surface area contributed by atoms with Crippen LogP contribution in [0.1, 0.15) is 41.9 Å². The fraction of sp³-hybridized carbons (Fsp3) is 0.545. The molecule has 1 aromatic heterocycles. The second-order valence-electron chi connectivity index (χ2n) is 3.56. The third-order valence-corrected chi connectivity index (χ3v) is 3.43. The summed E-state index contributed by atoms with van der Waals surface area (Å²) in [6, 6.07) is 2.42. The molecule has 0 aromatic carbocycles. The van der Waals surface area contributed by atoms with Gasteiger partial charge in [-0.15, -0.1) is 11.3 Å². The summed E-state index contributed by atoms with van der Waals surface area (Å²) in [5, 5.41) is 5.26. The molecule has 0 unspecified atom stereocenters. The highest BCUT2D eigenvalue weighted by Gasteiger charge is 2.06. The van der Waals surface area contributed by atoms with E-state index in [1.165, 1.54) is 0 Å². The molecule has 0 aliphatic rings. The molecular formula is C11H18N2OS. The highest BCUT2D eigenvalue weighted by Crippen LogP contribution is 2.14. The molecule has 1 amide bonds. The zero-order chi connectivity index (χ0) is 11.3. The van der Waals surface area contributed by atoms with Crippen molar-refractivity contribution in [2.24, 2.45) is 5.73 Å². The van der Waals surface area contributed by atoms with Crippen molar-refractivity contribution >= 4 is 17.2 Å². The molecule has 0 saturated heterocycles. The predicted octanol–water partition coefficient (Wildman–Crippen LogP) is 2.13. The van der Waals surface area contributed by atoms with E-state index in [4.69, 9.17) is 5.73 Å².